The fourth-order valence-corrected chi connectivity index (χ4v) is 11.8. The normalized spacial score (nSPS) is 24.1. The molecule has 1 aromatic rings. The number of rotatable bonds is 12. The van der Waals surface area contributed by atoms with Crippen LogP contribution < -0.4 is 0 Å². The highest BCUT2D eigenvalue weighted by Gasteiger charge is 2.28. The summed E-state index contributed by atoms with van der Waals surface area (Å²) in [6.07, 6.45) is 0. The standard InChI is InChI=1S/C24H30O4S6/c1-15(2)23(25)27-9-19-11-31-21(33-19)13-29-17-5-7-18(8-6-17)30-14-22-32-12-20(34-22)10-28-24(26)16(3)4/h5-8,19-22H,1,3,9-14H2,2,4H3. The van der Waals surface area contributed by atoms with Crippen molar-refractivity contribution < 1.29 is 19.1 Å². The Morgan fingerprint density at radius 1 is 0.824 bits per heavy atom. The molecule has 0 N–H and O–H groups in total. The number of esters is 2. The van der Waals surface area contributed by atoms with Crippen LogP contribution in [0.15, 0.2) is 58.4 Å². The molecule has 2 fully saturated rings. The molecule has 0 aromatic heterocycles. The Morgan fingerprint density at radius 3 is 1.56 bits per heavy atom. The van der Waals surface area contributed by atoms with E-state index in [4.69, 9.17) is 9.47 Å². The molecule has 186 valence electrons. The van der Waals surface area contributed by atoms with Crippen LogP contribution in [0.25, 0.3) is 0 Å². The number of benzene rings is 1. The van der Waals surface area contributed by atoms with Crippen molar-refractivity contribution in [3.63, 3.8) is 0 Å². The first kappa shape index (κ1) is 28.3. The molecule has 2 aliphatic heterocycles. The van der Waals surface area contributed by atoms with E-state index in [2.05, 4.69) is 37.4 Å². The summed E-state index contributed by atoms with van der Waals surface area (Å²) < 4.78 is 11.6. The van der Waals surface area contributed by atoms with Crippen molar-refractivity contribution in [1.82, 2.24) is 0 Å². The summed E-state index contributed by atoms with van der Waals surface area (Å²) in [6, 6.07) is 8.83. The van der Waals surface area contributed by atoms with Crippen LogP contribution in [0.3, 0.4) is 0 Å². The van der Waals surface area contributed by atoms with Crippen molar-refractivity contribution in [3.8, 4) is 0 Å². The maximum absolute atomic E-state index is 11.6. The second kappa shape index (κ2) is 14.5. The zero-order valence-electron chi connectivity index (χ0n) is 19.4. The monoisotopic (exact) mass is 574 g/mol. The van der Waals surface area contributed by atoms with E-state index in [0.29, 0.717) is 44.0 Å². The fourth-order valence-electron chi connectivity index (χ4n) is 2.91. The number of thioether (sulfide) groups is 6. The van der Waals surface area contributed by atoms with E-state index >= 15 is 0 Å². The lowest BCUT2D eigenvalue weighted by molar-refractivity contribution is -0.139. The van der Waals surface area contributed by atoms with Gasteiger partial charge in [-0.1, -0.05) is 13.2 Å². The Bertz CT molecular complexity index is 804. The van der Waals surface area contributed by atoms with Gasteiger partial charge in [-0.3, -0.25) is 0 Å². The van der Waals surface area contributed by atoms with E-state index in [1.165, 1.54) is 9.79 Å². The lowest BCUT2D eigenvalue weighted by Gasteiger charge is -2.12. The highest BCUT2D eigenvalue weighted by atomic mass is 32.2. The molecule has 0 radical (unpaired) electrons. The molecular weight excluding hydrogens is 545 g/mol. The summed E-state index contributed by atoms with van der Waals surface area (Å²) in [7, 11) is 0. The second-order valence-corrected chi connectivity index (χ2v) is 16.2. The van der Waals surface area contributed by atoms with Crippen LogP contribution in [-0.2, 0) is 19.1 Å². The molecule has 0 spiro atoms. The maximum Gasteiger partial charge on any atom is 0.333 e. The zero-order chi connectivity index (χ0) is 24.5. The Morgan fingerprint density at radius 2 is 1.21 bits per heavy atom. The van der Waals surface area contributed by atoms with Crippen LogP contribution in [0.1, 0.15) is 13.8 Å². The summed E-state index contributed by atoms with van der Waals surface area (Å²) in [5, 5.41) is 0.725. The molecule has 4 atom stereocenters. The predicted molar refractivity (Wildman–Crippen MR) is 155 cm³/mol. The van der Waals surface area contributed by atoms with Gasteiger partial charge in [0, 0.05) is 54.4 Å². The van der Waals surface area contributed by atoms with Crippen molar-refractivity contribution in [2.24, 2.45) is 0 Å². The van der Waals surface area contributed by atoms with E-state index < -0.39 is 0 Å². The summed E-state index contributed by atoms with van der Waals surface area (Å²) in [5.41, 5.74) is 0.909. The second-order valence-electron chi connectivity index (χ2n) is 7.89. The molecule has 0 amide bonds. The minimum absolute atomic E-state index is 0.296. The van der Waals surface area contributed by atoms with Gasteiger partial charge in [0.1, 0.15) is 13.2 Å². The first-order valence-electron chi connectivity index (χ1n) is 10.8. The first-order chi connectivity index (χ1) is 16.3. The van der Waals surface area contributed by atoms with Crippen LogP contribution in [0, 0.1) is 0 Å². The van der Waals surface area contributed by atoms with Crippen molar-refractivity contribution in [3.05, 3.63) is 48.6 Å². The first-order valence-corrected chi connectivity index (χ1v) is 16.8. The van der Waals surface area contributed by atoms with Gasteiger partial charge in [0.25, 0.3) is 0 Å². The SMILES string of the molecule is C=C(C)C(=O)OCC1CSC(CSc2ccc(SCC3SCC(COC(=O)C(=C)C)S3)cc2)S1. The van der Waals surface area contributed by atoms with E-state index in [1.54, 1.807) is 13.8 Å². The van der Waals surface area contributed by atoms with E-state index in [-0.39, 0.29) is 11.9 Å². The zero-order valence-corrected chi connectivity index (χ0v) is 24.3. The molecule has 0 saturated carbocycles. The third kappa shape index (κ3) is 9.65. The third-order valence-electron chi connectivity index (χ3n) is 4.72. The summed E-state index contributed by atoms with van der Waals surface area (Å²) >= 11 is 11.5. The van der Waals surface area contributed by atoms with Gasteiger partial charge in [0.05, 0.1) is 9.16 Å². The number of hydrogen-bond donors (Lipinski definition) is 0. The van der Waals surface area contributed by atoms with Gasteiger partial charge in [-0.25, -0.2) is 9.59 Å². The maximum atomic E-state index is 11.6. The van der Waals surface area contributed by atoms with Crippen LogP contribution >= 0.6 is 70.6 Å². The topological polar surface area (TPSA) is 52.6 Å². The largest absolute Gasteiger partial charge is 0.461 e. The highest BCUT2D eigenvalue weighted by molar-refractivity contribution is 8.22. The van der Waals surface area contributed by atoms with Gasteiger partial charge in [-0.15, -0.1) is 70.6 Å². The quantitative estimate of drug-likeness (QED) is 0.158. The average molecular weight is 575 g/mol. The average Bonchev–Trinajstić information content (AvgIpc) is 3.48. The predicted octanol–water partition coefficient (Wildman–Crippen LogP) is 6.46. The number of ether oxygens (including phenoxy) is 2. The molecule has 2 aliphatic rings. The van der Waals surface area contributed by atoms with Crippen LogP contribution in [-0.4, -0.2) is 67.8 Å². The summed E-state index contributed by atoms with van der Waals surface area (Å²) in [4.78, 5) is 25.7. The van der Waals surface area contributed by atoms with Crippen LogP contribution in [0.5, 0.6) is 0 Å². The molecule has 0 bridgehead atoms. The van der Waals surface area contributed by atoms with E-state index in [1.807, 2.05) is 70.6 Å². The molecule has 2 saturated heterocycles. The number of carbonyl (C=O) groups excluding carboxylic acids is 2. The molecule has 34 heavy (non-hydrogen) atoms. The van der Waals surface area contributed by atoms with Gasteiger partial charge in [0.15, 0.2) is 0 Å². The molecule has 2 heterocycles. The summed E-state index contributed by atoms with van der Waals surface area (Å²) in [5.74, 6) is 3.52. The molecule has 4 nitrogen and oxygen atoms in total. The van der Waals surface area contributed by atoms with Crippen LogP contribution in [0.4, 0.5) is 0 Å². The minimum atomic E-state index is -0.296. The van der Waals surface area contributed by atoms with Crippen molar-refractivity contribution in [2.45, 2.75) is 43.3 Å². The molecule has 10 heteroatoms. The van der Waals surface area contributed by atoms with Crippen molar-refractivity contribution >= 4 is 82.5 Å². The Balaban J connectivity index is 1.30. The van der Waals surface area contributed by atoms with E-state index in [9.17, 15) is 9.59 Å². The fraction of sp³-hybridized carbons (Fsp3) is 0.500. The highest BCUT2D eigenvalue weighted by Crippen LogP contribution is 2.42. The molecule has 1 aromatic carbocycles. The number of carbonyl (C=O) groups is 2. The van der Waals surface area contributed by atoms with Crippen molar-refractivity contribution in [1.29, 1.82) is 0 Å². The van der Waals surface area contributed by atoms with Crippen molar-refractivity contribution in [2.75, 3.05) is 36.2 Å². The lowest BCUT2D eigenvalue weighted by atomic mass is 10.4. The van der Waals surface area contributed by atoms with Gasteiger partial charge < -0.3 is 9.47 Å². The smallest absolute Gasteiger partial charge is 0.333 e. The van der Waals surface area contributed by atoms with E-state index in [0.717, 1.165) is 23.0 Å². The summed E-state index contributed by atoms with van der Waals surface area (Å²) in [6.45, 7) is 11.5. The van der Waals surface area contributed by atoms with Gasteiger partial charge in [-0.05, 0) is 38.1 Å². The Hall–Kier alpha value is -0.260. The third-order valence-corrected chi connectivity index (χ3v) is 14.3. The van der Waals surface area contributed by atoms with Gasteiger partial charge in [0.2, 0.25) is 0 Å². The minimum Gasteiger partial charge on any atom is -0.461 e. The molecule has 3 rings (SSSR count). The molecular formula is C24H30O4S6. The molecule has 4 unspecified atom stereocenters. The van der Waals surface area contributed by atoms with Crippen LogP contribution in [0.2, 0.25) is 0 Å². The molecule has 0 aliphatic carbocycles. The number of hydrogen-bond acceptors (Lipinski definition) is 10. The lowest BCUT2D eigenvalue weighted by Crippen LogP contribution is -2.16. The van der Waals surface area contributed by atoms with Gasteiger partial charge >= 0.3 is 11.9 Å². The van der Waals surface area contributed by atoms with Gasteiger partial charge in [-0.2, -0.15) is 0 Å². The Kier molecular flexibility index (Phi) is 12.1. The Labute approximate surface area is 228 Å².